The summed E-state index contributed by atoms with van der Waals surface area (Å²) in [7, 11) is 4.69. The van der Waals surface area contributed by atoms with E-state index in [-0.39, 0.29) is 61.6 Å². The van der Waals surface area contributed by atoms with Crippen molar-refractivity contribution in [2.24, 2.45) is 11.8 Å². The fourth-order valence-electron chi connectivity index (χ4n) is 8.08. The monoisotopic (exact) mass is 985 g/mol. The van der Waals surface area contributed by atoms with E-state index >= 15 is 0 Å². The van der Waals surface area contributed by atoms with Crippen LogP contribution in [0.4, 0.5) is 4.79 Å². The van der Waals surface area contributed by atoms with Crippen molar-refractivity contribution < 1.29 is 47.8 Å². The fourth-order valence-corrected chi connectivity index (χ4v) is 8.69. The van der Waals surface area contributed by atoms with E-state index in [1.807, 2.05) is 32.0 Å². The molecule has 20 nitrogen and oxygen atoms in total. The molecule has 3 N–H and O–H groups in total. The molecule has 2 fully saturated rings. The van der Waals surface area contributed by atoms with Gasteiger partial charge in [0.1, 0.15) is 5.69 Å². The topological polar surface area (TPSA) is 227 Å². The SMILES string of the molecule is CCC.CCC(C)C(C(CC(=O)N1CCCC1C(OC)C(C)C(=O)NCC(=O)NSCCCn1cc(CN2C(=O)C=CC2=O)nn1)OC)N(C)C(=O)CNC(=O)N1CCOCC1.Cc1ccccc1. The van der Waals surface area contributed by atoms with E-state index in [0.29, 0.717) is 70.1 Å². The molecule has 0 saturated carbocycles. The summed E-state index contributed by atoms with van der Waals surface area (Å²) in [5.74, 6) is -2.21. The number of urea groups is 1. The number of morpholine rings is 1. The van der Waals surface area contributed by atoms with Crippen LogP contribution in [0, 0.1) is 18.8 Å². The van der Waals surface area contributed by atoms with Crippen molar-refractivity contribution in [2.75, 3.05) is 73.0 Å². The first-order chi connectivity index (χ1) is 33.1. The maximum absolute atomic E-state index is 14.0. The minimum absolute atomic E-state index is 0.00449. The summed E-state index contributed by atoms with van der Waals surface area (Å²) < 4.78 is 21.3. The molecular formula is C48H76N10O10S. The lowest BCUT2D eigenvalue weighted by Gasteiger charge is -2.39. The normalized spacial score (nSPS) is 17.6. The van der Waals surface area contributed by atoms with E-state index < -0.39 is 42.0 Å². The number of aromatic nitrogens is 3. The maximum Gasteiger partial charge on any atom is 0.317 e. The van der Waals surface area contributed by atoms with Crippen molar-refractivity contribution in [3.05, 3.63) is 59.9 Å². The van der Waals surface area contributed by atoms with Crippen LogP contribution in [0.5, 0.6) is 0 Å². The number of imide groups is 1. The predicted octanol–water partition coefficient (Wildman–Crippen LogP) is 3.35. The molecule has 0 bridgehead atoms. The smallest absolute Gasteiger partial charge is 0.317 e. The molecule has 384 valence electrons. The molecule has 0 aliphatic carbocycles. The fraction of sp³-hybridized carbons (Fsp3) is 0.646. The number of ether oxygens (including phenoxy) is 3. The number of rotatable bonds is 22. The Bertz CT molecular complexity index is 1950. The van der Waals surface area contributed by atoms with Crippen LogP contribution >= 0.6 is 11.9 Å². The lowest BCUT2D eigenvalue weighted by molar-refractivity contribution is -0.145. The summed E-state index contributed by atoms with van der Waals surface area (Å²) in [6, 6.07) is 9.08. The highest BCUT2D eigenvalue weighted by Crippen LogP contribution is 2.29. The zero-order valence-electron chi connectivity index (χ0n) is 42.0. The van der Waals surface area contributed by atoms with E-state index in [9.17, 15) is 33.6 Å². The molecule has 0 spiro atoms. The Hall–Kier alpha value is -5.38. The van der Waals surface area contributed by atoms with Crippen molar-refractivity contribution in [1.29, 1.82) is 0 Å². The molecule has 2 saturated heterocycles. The predicted molar refractivity (Wildman–Crippen MR) is 262 cm³/mol. The molecule has 2 aromatic rings. The largest absolute Gasteiger partial charge is 0.379 e. The zero-order valence-corrected chi connectivity index (χ0v) is 42.8. The van der Waals surface area contributed by atoms with E-state index in [4.69, 9.17) is 14.2 Å². The third-order valence-electron chi connectivity index (χ3n) is 12.0. The van der Waals surface area contributed by atoms with Gasteiger partial charge >= 0.3 is 6.03 Å². The van der Waals surface area contributed by atoms with Gasteiger partial charge in [-0.25, -0.2) is 4.79 Å². The lowest BCUT2D eigenvalue weighted by atomic mass is 9.90. The Morgan fingerprint density at radius 2 is 1.61 bits per heavy atom. The van der Waals surface area contributed by atoms with E-state index in [1.54, 1.807) is 39.5 Å². The Labute approximate surface area is 412 Å². The second-order valence-corrected chi connectivity index (χ2v) is 18.2. The van der Waals surface area contributed by atoms with Gasteiger partial charge in [0.25, 0.3) is 11.8 Å². The summed E-state index contributed by atoms with van der Waals surface area (Å²) in [4.78, 5) is 95.3. The number of aryl methyl sites for hydroxylation is 2. The van der Waals surface area contributed by atoms with Gasteiger partial charge in [-0.15, -0.1) is 5.10 Å². The Morgan fingerprint density at radius 3 is 2.20 bits per heavy atom. The minimum atomic E-state index is -0.688. The summed E-state index contributed by atoms with van der Waals surface area (Å²) >= 11 is 1.19. The molecule has 8 amide bonds. The van der Waals surface area contributed by atoms with Crippen molar-refractivity contribution in [2.45, 2.75) is 117 Å². The number of hydrogen-bond donors (Lipinski definition) is 3. The van der Waals surface area contributed by atoms with Gasteiger partial charge in [0.15, 0.2) is 0 Å². The molecule has 1 aromatic carbocycles. The summed E-state index contributed by atoms with van der Waals surface area (Å²) in [6.07, 6.45) is 6.75. The number of nitrogens with zero attached hydrogens (tertiary/aromatic N) is 7. The average molecular weight is 985 g/mol. The van der Waals surface area contributed by atoms with E-state index in [0.717, 1.165) is 11.3 Å². The maximum atomic E-state index is 14.0. The number of nitrogens with one attached hydrogen (secondary N) is 3. The number of likely N-dealkylation sites (N-methyl/N-ethyl adjacent to an activating group) is 1. The molecule has 0 radical (unpaired) electrons. The number of hydrogen-bond acceptors (Lipinski definition) is 13. The highest BCUT2D eigenvalue weighted by molar-refractivity contribution is 7.97. The van der Waals surface area contributed by atoms with Crippen LogP contribution in [0.3, 0.4) is 0 Å². The van der Waals surface area contributed by atoms with Crippen molar-refractivity contribution >= 4 is 53.4 Å². The van der Waals surface area contributed by atoms with Crippen LogP contribution in [-0.2, 0) is 56.1 Å². The molecule has 5 rings (SSSR count). The van der Waals surface area contributed by atoms with Gasteiger partial charge in [-0.2, -0.15) is 0 Å². The van der Waals surface area contributed by atoms with Gasteiger partial charge in [0.05, 0.1) is 75.7 Å². The number of carbonyl (C=O) groups excluding carboxylic acids is 7. The minimum Gasteiger partial charge on any atom is -0.379 e. The molecule has 69 heavy (non-hydrogen) atoms. The third kappa shape index (κ3) is 18.8. The zero-order chi connectivity index (χ0) is 50.9. The second-order valence-electron chi connectivity index (χ2n) is 17.3. The van der Waals surface area contributed by atoms with Crippen LogP contribution in [-0.4, -0.2) is 173 Å². The molecule has 21 heteroatoms. The van der Waals surface area contributed by atoms with E-state index in [2.05, 4.69) is 58.6 Å². The Balaban J connectivity index is 0.00000113. The molecule has 3 aliphatic heterocycles. The molecule has 6 unspecified atom stereocenters. The van der Waals surface area contributed by atoms with Gasteiger partial charge < -0.3 is 39.5 Å². The average Bonchev–Trinajstić information content (AvgIpc) is 4.11. The number of likely N-dealkylation sites (tertiary alicyclic amines) is 1. The van der Waals surface area contributed by atoms with Gasteiger partial charge in [-0.1, -0.05) is 101 Å². The second kappa shape index (κ2) is 31.0. The first-order valence-corrected chi connectivity index (χ1v) is 24.9. The van der Waals surface area contributed by atoms with Crippen molar-refractivity contribution in [3.8, 4) is 0 Å². The first-order valence-electron chi connectivity index (χ1n) is 23.9. The number of methoxy groups -OCH3 is 2. The first kappa shape index (κ1) is 57.9. The standard InChI is InChI=1S/C38H60N10O10S.C7H8.C3H8/c1-7-25(2)35(44(4)34(53)22-40-38(55)45-15-17-58-18-16-45)29(56-5)20-33(52)47-14-8-10-28(47)36(57-6)26(3)37(54)39-21-30(49)42-59-19-9-13-46-23-27(41-43-46)24-48-31(50)11-12-32(48)51;1-7-5-3-2-4-6-7;1-3-2/h11-12,23,25-26,28-29,35-36H,7-10,13-22,24H2,1-6H3,(H,39,54)(H,40,55)(H,42,49);2-6H,1H3;3H2,1-2H3. The molecule has 1 aromatic heterocycles. The number of carbonyl (C=O) groups is 7. The molecular weight excluding hydrogens is 909 g/mol. The van der Waals surface area contributed by atoms with Crippen molar-refractivity contribution in [1.82, 2.24) is 49.9 Å². The van der Waals surface area contributed by atoms with Crippen LogP contribution in [0.1, 0.15) is 84.4 Å². The van der Waals surface area contributed by atoms with Gasteiger partial charge in [-0.3, -0.25) is 43.1 Å². The quantitative estimate of drug-likeness (QED) is 0.0876. The van der Waals surface area contributed by atoms with Gasteiger partial charge in [-0.05, 0) is 32.1 Å². The Kier molecular flexibility index (Phi) is 26.0. The Morgan fingerprint density at radius 1 is 0.942 bits per heavy atom. The van der Waals surface area contributed by atoms with Crippen LogP contribution in [0.15, 0.2) is 48.7 Å². The third-order valence-corrected chi connectivity index (χ3v) is 12.8. The summed E-state index contributed by atoms with van der Waals surface area (Å²) in [6.45, 7) is 14.4. The highest BCUT2D eigenvalue weighted by Gasteiger charge is 2.42. The van der Waals surface area contributed by atoms with Gasteiger partial charge in [0.2, 0.25) is 23.6 Å². The number of benzene rings is 1. The van der Waals surface area contributed by atoms with Crippen LogP contribution in [0.25, 0.3) is 0 Å². The number of amides is 8. The van der Waals surface area contributed by atoms with E-state index in [1.165, 1.54) is 50.3 Å². The lowest BCUT2D eigenvalue weighted by Crippen LogP contribution is -2.55. The van der Waals surface area contributed by atoms with Crippen LogP contribution < -0.4 is 15.4 Å². The summed E-state index contributed by atoms with van der Waals surface area (Å²) in [5.41, 5.74) is 1.81. The van der Waals surface area contributed by atoms with Crippen molar-refractivity contribution in [3.63, 3.8) is 0 Å². The highest BCUT2D eigenvalue weighted by atomic mass is 32.2. The van der Waals surface area contributed by atoms with Gasteiger partial charge in [0, 0.05) is 65.4 Å². The molecule has 4 heterocycles. The molecule has 3 aliphatic rings. The summed E-state index contributed by atoms with van der Waals surface area (Å²) in [5, 5.41) is 13.4. The van der Waals surface area contributed by atoms with Crippen LogP contribution in [0.2, 0.25) is 0 Å². The molecule has 6 atom stereocenters.